The van der Waals surface area contributed by atoms with Crippen molar-refractivity contribution in [3.63, 3.8) is 0 Å². The Balaban J connectivity index is 1.56. The highest BCUT2D eigenvalue weighted by Gasteiger charge is 2.19. The number of carbonyl (C=O) groups excluding carboxylic acids is 1. The summed E-state index contributed by atoms with van der Waals surface area (Å²) < 4.78 is 12.8. The van der Waals surface area contributed by atoms with Crippen LogP contribution in [0.3, 0.4) is 0 Å². The Morgan fingerprint density at radius 3 is 2.61 bits per heavy atom. The zero-order valence-electron chi connectivity index (χ0n) is 17.8. The van der Waals surface area contributed by atoms with Gasteiger partial charge in [-0.1, -0.05) is 11.6 Å². The van der Waals surface area contributed by atoms with E-state index in [9.17, 15) is 4.79 Å². The van der Waals surface area contributed by atoms with Gasteiger partial charge >= 0.3 is 0 Å². The lowest BCUT2D eigenvalue weighted by atomic mass is 10.2. The molecule has 1 N–H and O–H groups in total. The van der Waals surface area contributed by atoms with Crippen LogP contribution in [0.15, 0.2) is 42.6 Å². The zero-order chi connectivity index (χ0) is 22.0. The second-order valence-corrected chi connectivity index (χ2v) is 7.83. The molecule has 0 unspecified atom stereocenters. The number of aryl methyl sites for hydroxylation is 1. The maximum atomic E-state index is 13.0. The first-order valence-electron chi connectivity index (χ1n) is 10.1. The largest absolute Gasteiger partial charge is 0.495 e. The SMILES string of the molecule is COc1ccc(Cl)cc1-n1c(C)cc(C(=O)Nc2ccc(N3CCOCC3)nc2)c1C. The van der Waals surface area contributed by atoms with Crippen LogP contribution in [0.5, 0.6) is 5.75 Å². The summed E-state index contributed by atoms with van der Waals surface area (Å²) in [5, 5.41) is 3.54. The van der Waals surface area contributed by atoms with Crippen molar-refractivity contribution in [3.05, 3.63) is 64.6 Å². The Morgan fingerprint density at radius 1 is 1.16 bits per heavy atom. The standard InChI is InChI=1S/C23H25ClN4O3/c1-15-12-19(16(2)28(15)20-13-17(24)4-6-21(20)30-3)23(29)26-18-5-7-22(25-14-18)27-8-10-31-11-9-27/h4-7,12-14H,8-11H2,1-3H3,(H,26,29). The fourth-order valence-electron chi connectivity index (χ4n) is 3.84. The molecule has 2 aromatic heterocycles. The number of anilines is 2. The average molecular weight is 441 g/mol. The Labute approximate surface area is 186 Å². The highest BCUT2D eigenvalue weighted by atomic mass is 35.5. The molecule has 0 radical (unpaired) electrons. The summed E-state index contributed by atoms with van der Waals surface area (Å²) in [5.74, 6) is 1.37. The van der Waals surface area contributed by atoms with Gasteiger partial charge in [-0.25, -0.2) is 4.98 Å². The van der Waals surface area contributed by atoms with Crippen LogP contribution in [0.1, 0.15) is 21.7 Å². The van der Waals surface area contributed by atoms with E-state index < -0.39 is 0 Å². The smallest absolute Gasteiger partial charge is 0.257 e. The lowest BCUT2D eigenvalue weighted by Crippen LogP contribution is -2.36. The summed E-state index contributed by atoms with van der Waals surface area (Å²) in [7, 11) is 1.61. The molecule has 3 aromatic rings. The van der Waals surface area contributed by atoms with Crippen molar-refractivity contribution >= 4 is 29.0 Å². The number of ether oxygens (including phenoxy) is 2. The number of amides is 1. The third-order valence-corrected chi connectivity index (χ3v) is 5.63. The number of hydrogen-bond donors (Lipinski definition) is 1. The third kappa shape index (κ3) is 4.38. The number of hydrogen-bond acceptors (Lipinski definition) is 5. The number of benzene rings is 1. The van der Waals surface area contributed by atoms with Crippen molar-refractivity contribution in [3.8, 4) is 11.4 Å². The Morgan fingerprint density at radius 2 is 1.94 bits per heavy atom. The predicted octanol–water partition coefficient (Wildman–Crippen LogP) is 4.24. The number of rotatable bonds is 5. The summed E-state index contributed by atoms with van der Waals surface area (Å²) >= 11 is 6.21. The molecular weight excluding hydrogens is 416 g/mol. The summed E-state index contributed by atoms with van der Waals surface area (Å²) in [4.78, 5) is 19.7. The number of carbonyl (C=O) groups is 1. The van der Waals surface area contributed by atoms with E-state index in [0.717, 1.165) is 36.0 Å². The van der Waals surface area contributed by atoms with Crippen molar-refractivity contribution < 1.29 is 14.3 Å². The predicted molar refractivity (Wildman–Crippen MR) is 122 cm³/mol. The second kappa shape index (κ2) is 8.99. The summed E-state index contributed by atoms with van der Waals surface area (Å²) in [6.07, 6.45) is 1.68. The first-order valence-corrected chi connectivity index (χ1v) is 10.5. The van der Waals surface area contributed by atoms with E-state index >= 15 is 0 Å². The number of nitrogens with one attached hydrogen (secondary N) is 1. The van der Waals surface area contributed by atoms with Crippen LogP contribution in [0.4, 0.5) is 11.5 Å². The molecule has 0 bridgehead atoms. The molecule has 0 atom stereocenters. The first-order chi connectivity index (χ1) is 15.0. The molecule has 3 heterocycles. The van der Waals surface area contributed by atoms with E-state index in [0.29, 0.717) is 35.2 Å². The minimum Gasteiger partial charge on any atom is -0.495 e. The molecule has 1 aliphatic rings. The van der Waals surface area contributed by atoms with Crippen molar-refractivity contribution in [2.45, 2.75) is 13.8 Å². The topological polar surface area (TPSA) is 68.6 Å². The van der Waals surface area contributed by atoms with E-state index in [4.69, 9.17) is 21.1 Å². The normalized spacial score (nSPS) is 13.9. The van der Waals surface area contributed by atoms with Crippen LogP contribution in [0.25, 0.3) is 5.69 Å². The van der Waals surface area contributed by atoms with Crippen molar-refractivity contribution in [2.75, 3.05) is 43.6 Å². The summed E-state index contributed by atoms with van der Waals surface area (Å²) in [6.45, 7) is 6.89. The highest BCUT2D eigenvalue weighted by molar-refractivity contribution is 6.30. The van der Waals surface area contributed by atoms with E-state index in [2.05, 4.69) is 15.2 Å². The van der Waals surface area contributed by atoms with Crippen LogP contribution < -0.4 is 15.0 Å². The lowest BCUT2D eigenvalue weighted by Gasteiger charge is -2.27. The van der Waals surface area contributed by atoms with Crippen LogP contribution in [0.2, 0.25) is 5.02 Å². The Kier molecular flexibility index (Phi) is 6.15. The van der Waals surface area contributed by atoms with Gasteiger partial charge in [-0.2, -0.15) is 0 Å². The monoisotopic (exact) mass is 440 g/mol. The molecule has 1 aromatic carbocycles. The number of aromatic nitrogens is 2. The number of pyridine rings is 1. The minimum atomic E-state index is -0.193. The molecule has 0 aliphatic carbocycles. The molecule has 0 spiro atoms. The molecule has 162 valence electrons. The third-order valence-electron chi connectivity index (χ3n) is 5.40. The number of morpholine rings is 1. The Hall–Kier alpha value is -3.03. The van der Waals surface area contributed by atoms with Crippen molar-refractivity contribution in [2.24, 2.45) is 0 Å². The maximum Gasteiger partial charge on any atom is 0.257 e. The first kappa shape index (κ1) is 21.2. The van der Waals surface area contributed by atoms with E-state index in [1.54, 1.807) is 19.4 Å². The fraction of sp³-hybridized carbons (Fsp3) is 0.304. The lowest BCUT2D eigenvalue weighted by molar-refractivity contribution is 0.102. The van der Waals surface area contributed by atoms with Crippen LogP contribution >= 0.6 is 11.6 Å². The molecule has 31 heavy (non-hydrogen) atoms. The van der Waals surface area contributed by atoms with Gasteiger partial charge in [0.2, 0.25) is 0 Å². The van der Waals surface area contributed by atoms with Gasteiger partial charge in [-0.3, -0.25) is 4.79 Å². The van der Waals surface area contributed by atoms with E-state index in [-0.39, 0.29) is 5.91 Å². The summed E-state index contributed by atoms with van der Waals surface area (Å²) in [6, 6.07) is 11.1. The van der Waals surface area contributed by atoms with Crippen molar-refractivity contribution in [1.29, 1.82) is 0 Å². The number of methoxy groups -OCH3 is 1. The molecule has 7 nitrogen and oxygen atoms in total. The van der Waals surface area contributed by atoms with Gasteiger partial charge < -0.3 is 24.3 Å². The number of halogens is 1. The molecule has 1 saturated heterocycles. The van der Waals surface area contributed by atoms with Crippen LogP contribution in [-0.4, -0.2) is 48.9 Å². The van der Waals surface area contributed by atoms with Gasteiger partial charge in [0.05, 0.1) is 43.5 Å². The average Bonchev–Trinajstić information content (AvgIpc) is 3.08. The van der Waals surface area contributed by atoms with Gasteiger partial charge in [0, 0.05) is 29.5 Å². The van der Waals surface area contributed by atoms with E-state index in [1.165, 1.54) is 0 Å². The summed E-state index contributed by atoms with van der Waals surface area (Å²) in [5.41, 5.74) is 3.72. The molecule has 1 amide bonds. The second-order valence-electron chi connectivity index (χ2n) is 7.40. The van der Waals surface area contributed by atoms with Gasteiger partial charge in [-0.15, -0.1) is 0 Å². The van der Waals surface area contributed by atoms with Crippen molar-refractivity contribution in [1.82, 2.24) is 9.55 Å². The zero-order valence-corrected chi connectivity index (χ0v) is 18.6. The van der Waals surface area contributed by atoms with Gasteiger partial charge in [0.25, 0.3) is 5.91 Å². The van der Waals surface area contributed by atoms with Crippen LogP contribution in [-0.2, 0) is 4.74 Å². The highest BCUT2D eigenvalue weighted by Crippen LogP contribution is 2.31. The molecule has 1 fully saturated rings. The molecule has 4 rings (SSSR count). The van der Waals surface area contributed by atoms with Crippen LogP contribution in [0, 0.1) is 13.8 Å². The molecular formula is C23H25ClN4O3. The maximum absolute atomic E-state index is 13.0. The Bertz CT molecular complexity index is 1090. The van der Waals surface area contributed by atoms with Gasteiger partial charge in [0.1, 0.15) is 11.6 Å². The van der Waals surface area contributed by atoms with E-state index in [1.807, 2.05) is 48.7 Å². The number of nitrogens with zero attached hydrogens (tertiary/aromatic N) is 3. The quantitative estimate of drug-likeness (QED) is 0.642. The molecule has 8 heteroatoms. The minimum absolute atomic E-state index is 0.193. The molecule has 1 aliphatic heterocycles. The van der Waals surface area contributed by atoms with Gasteiger partial charge in [-0.05, 0) is 50.2 Å². The van der Waals surface area contributed by atoms with Gasteiger partial charge in [0.15, 0.2) is 0 Å². The molecule has 0 saturated carbocycles. The fourth-order valence-corrected chi connectivity index (χ4v) is 4.01.